The molecular formula is C9H10N2O2. The van der Waals surface area contributed by atoms with Crippen molar-refractivity contribution in [3.05, 3.63) is 24.0 Å². The lowest BCUT2D eigenvalue weighted by Gasteiger charge is -2.04. The van der Waals surface area contributed by atoms with Gasteiger partial charge in [-0.15, -0.1) is 0 Å². The van der Waals surface area contributed by atoms with Crippen LogP contribution in [0.4, 0.5) is 0 Å². The molecule has 0 bridgehead atoms. The van der Waals surface area contributed by atoms with Crippen LogP contribution in [0.25, 0.3) is 11.0 Å². The monoisotopic (exact) mass is 178 g/mol. The van der Waals surface area contributed by atoms with Gasteiger partial charge in [-0.25, -0.2) is 4.98 Å². The van der Waals surface area contributed by atoms with Crippen LogP contribution < -0.4 is 4.74 Å². The van der Waals surface area contributed by atoms with Gasteiger partial charge < -0.3 is 14.8 Å². The van der Waals surface area contributed by atoms with Crippen LogP contribution in [-0.4, -0.2) is 22.2 Å². The summed E-state index contributed by atoms with van der Waals surface area (Å²) in [5.74, 6) is 0.669. The average molecular weight is 178 g/mol. The van der Waals surface area contributed by atoms with Gasteiger partial charge >= 0.3 is 0 Å². The molecule has 0 aliphatic carbocycles. The fourth-order valence-corrected chi connectivity index (χ4v) is 1.32. The Hall–Kier alpha value is -1.55. The van der Waals surface area contributed by atoms with Crippen molar-refractivity contribution in [2.24, 2.45) is 0 Å². The molecule has 0 radical (unpaired) electrons. The summed E-state index contributed by atoms with van der Waals surface area (Å²) in [7, 11) is 1.58. The molecule has 4 nitrogen and oxygen atoms in total. The summed E-state index contributed by atoms with van der Waals surface area (Å²) < 4.78 is 5.10. The third-order valence-corrected chi connectivity index (χ3v) is 1.99. The van der Waals surface area contributed by atoms with Crippen molar-refractivity contribution in [3.63, 3.8) is 0 Å². The second kappa shape index (κ2) is 3.06. The van der Waals surface area contributed by atoms with E-state index in [4.69, 9.17) is 9.84 Å². The van der Waals surface area contributed by atoms with E-state index < -0.39 is 0 Å². The summed E-state index contributed by atoms with van der Waals surface area (Å²) in [6.45, 7) is -0.0296. The molecule has 0 spiro atoms. The largest absolute Gasteiger partial charge is 0.496 e. The second-order valence-corrected chi connectivity index (χ2v) is 2.74. The number of nitrogens with zero attached hydrogens (tertiary/aromatic N) is 1. The molecule has 2 N–H and O–H groups in total. The van der Waals surface area contributed by atoms with E-state index in [9.17, 15) is 0 Å². The zero-order valence-corrected chi connectivity index (χ0v) is 7.24. The van der Waals surface area contributed by atoms with Gasteiger partial charge in [0.1, 0.15) is 5.75 Å². The molecule has 2 aromatic rings. The van der Waals surface area contributed by atoms with Crippen LogP contribution >= 0.6 is 0 Å². The van der Waals surface area contributed by atoms with E-state index in [0.717, 1.165) is 16.6 Å². The van der Waals surface area contributed by atoms with Crippen molar-refractivity contribution in [3.8, 4) is 5.75 Å². The Kier molecular flexibility index (Phi) is 1.90. The minimum absolute atomic E-state index is 0.0296. The van der Waals surface area contributed by atoms with E-state index >= 15 is 0 Å². The maximum absolute atomic E-state index is 9.03. The van der Waals surface area contributed by atoms with Crippen LogP contribution in [0.3, 0.4) is 0 Å². The minimum atomic E-state index is -0.0296. The average Bonchev–Trinajstić information content (AvgIpc) is 2.62. The van der Waals surface area contributed by atoms with Crippen LogP contribution in [0, 0.1) is 0 Å². The highest BCUT2D eigenvalue weighted by molar-refractivity contribution is 5.77. The number of methoxy groups -OCH3 is 1. The summed E-state index contributed by atoms with van der Waals surface area (Å²) in [5, 5.41) is 9.03. The molecule has 0 saturated carbocycles. The van der Waals surface area contributed by atoms with Crippen molar-refractivity contribution in [2.75, 3.05) is 7.11 Å². The summed E-state index contributed by atoms with van der Waals surface area (Å²) >= 11 is 0. The first-order valence-electron chi connectivity index (χ1n) is 3.96. The minimum Gasteiger partial charge on any atom is -0.496 e. The number of rotatable bonds is 2. The van der Waals surface area contributed by atoms with Gasteiger partial charge in [0.25, 0.3) is 0 Å². The van der Waals surface area contributed by atoms with E-state index in [2.05, 4.69) is 9.97 Å². The molecule has 68 valence electrons. The lowest BCUT2D eigenvalue weighted by molar-refractivity contribution is 0.274. The maximum Gasteiger partial charge on any atom is 0.126 e. The summed E-state index contributed by atoms with van der Waals surface area (Å²) in [6.07, 6.45) is 1.62. The van der Waals surface area contributed by atoms with Crippen molar-refractivity contribution in [1.82, 2.24) is 9.97 Å². The molecule has 0 atom stereocenters. The molecule has 1 heterocycles. The maximum atomic E-state index is 9.03. The van der Waals surface area contributed by atoms with Crippen molar-refractivity contribution in [1.29, 1.82) is 0 Å². The standard InChI is InChI=1S/C9H10N2O2/c1-13-9-3-8-7(10-5-11-8)2-6(9)4-12/h2-3,5,12H,4H2,1H3,(H,10,11). The van der Waals surface area contributed by atoms with Crippen molar-refractivity contribution < 1.29 is 9.84 Å². The third kappa shape index (κ3) is 1.25. The normalized spacial score (nSPS) is 10.6. The molecule has 0 saturated heterocycles. The lowest BCUT2D eigenvalue weighted by atomic mass is 10.2. The molecular weight excluding hydrogens is 168 g/mol. The molecule has 4 heteroatoms. The number of nitrogens with one attached hydrogen (secondary N) is 1. The predicted molar refractivity (Wildman–Crippen MR) is 48.6 cm³/mol. The molecule has 1 aromatic carbocycles. The van der Waals surface area contributed by atoms with Crippen LogP contribution in [-0.2, 0) is 6.61 Å². The number of aliphatic hydroxyl groups is 1. The molecule has 1 aromatic heterocycles. The topological polar surface area (TPSA) is 58.1 Å². The number of hydrogen-bond acceptors (Lipinski definition) is 3. The zero-order chi connectivity index (χ0) is 9.26. The number of ether oxygens (including phenoxy) is 1. The molecule has 0 aliphatic heterocycles. The first-order chi connectivity index (χ1) is 6.35. The Morgan fingerprint density at radius 1 is 1.54 bits per heavy atom. The fourth-order valence-electron chi connectivity index (χ4n) is 1.32. The Bertz CT molecular complexity index is 384. The Morgan fingerprint density at radius 2 is 2.38 bits per heavy atom. The van der Waals surface area contributed by atoms with E-state index in [1.807, 2.05) is 6.07 Å². The Morgan fingerprint density at radius 3 is 3.08 bits per heavy atom. The van der Waals surface area contributed by atoms with Gasteiger partial charge in [0.05, 0.1) is 31.1 Å². The SMILES string of the molecule is COc1cc2nc[nH]c2cc1CO. The Labute approximate surface area is 75.2 Å². The zero-order valence-electron chi connectivity index (χ0n) is 7.24. The van der Waals surface area contributed by atoms with Crippen LogP contribution in [0.2, 0.25) is 0 Å². The summed E-state index contributed by atoms with van der Waals surface area (Å²) in [5.41, 5.74) is 2.51. The first kappa shape index (κ1) is 8.07. The quantitative estimate of drug-likeness (QED) is 0.723. The van der Waals surface area contributed by atoms with Gasteiger partial charge in [-0.05, 0) is 6.07 Å². The number of hydrogen-bond donors (Lipinski definition) is 2. The van der Waals surface area contributed by atoms with E-state index in [-0.39, 0.29) is 6.61 Å². The molecule has 0 aliphatic rings. The number of aromatic amines is 1. The summed E-state index contributed by atoms with van der Waals surface area (Å²) in [4.78, 5) is 7.05. The molecule has 2 rings (SSSR count). The number of aromatic nitrogens is 2. The number of fused-ring (bicyclic) bond motifs is 1. The van der Waals surface area contributed by atoms with E-state index in [1.165, 1.54) is 0 Å². The van der Waals surface area contributed by atoms with Crippen LogP contribution in [0.1, 0.15) is 5.56 Å². The molecule has 0 fully saturated rings. The third-order valence-electron chi connectivity index (χ3n) is 1.99. The first-order valence-corrected chi connectivity index (χ1v) is 3.96. The second-order valence-electron chi connectivity index (χ2n) is 2.74. The van der Waals surface area contributed by atoms with E-state index in [1.54, 1.807) is 19.5 Å². The highest BCUT2D eigenvalue weighted by atomic mass is 16.5. The van der Waals surface area contributed by atoms with Gasteiger partial charge in [-0.1, -0.05) is 0 Å². The predicted octanol–water partition coefficient (Wildman–Crippen LogP) is 1.06. The number of aliphatic hydroxyl groups excluding tert-OH is 1. The van der Waals surface area contributed by atoms with Crippen molar-refractivity contribution >= 4 is 11.0 Å². The molecule has 13 heavy (non-hydrogen) atoms. The fraction of sp³-hybridized carbons (Fsp3) is 0.222. The smallest absolute Gasteiger partial charge is 0.126 e. The van der Waals surface area contributed by atoms with Gasteiger partial charge in [0.2, 0.25) is 0 Å². The molecule has 0 unspecified atom stereocenters. The number of benzene rings is 1. The van der Waals surface area contributed by atoms with Crippen molar-refractivity contribution in [2.45, 2.75) is 6.61 Å². The van der Waals surface area contributed by atoms with Crippen LogP contribution in [0.15, 0.2) is 18.5 Å². The Balaban J connectivity index is 2.67. The molecule has 0 amide bonds. The number of H-pyrrole nitrogens is 1. The summed E-state index contributed by atoms with van der Waals surface area (Å²) in [6, 6.07) is 3.64. The van der Waals surface area contributed by atoms with Gasteiger partial charge in [0, 0.05) is 11.6 Å². The van der Waals surface area contributed by atoms with Gasteiger partial charge in [-0.2, -0.15) is 0 Å². The van der Waals surface area contributed by atoms with E-state index in [0.29, 0.717) is 5.75 Å². The highest BCUT2D eigenvalue weighted by Gasteiger charge is 2.05. The van der Waals surface area contributed by atoms with Gasteiger partial charge in [0.15, 0.2) is 0 Å². The highest BCUT2D eigenvalue weighted by Crippen LogP contribution is 2.23. The number of imidazole rings is 1. The van der Waals surface area contributed by atoms with Crippen LogP contribution in [0.5, 0.6) is 5.75 Å². The lowest BCUT2D eigenvalue weighted by Crippen LogP contribution is -1.91. The van der Waals surface area contributed by atoms with Gasteiger partial charge in [-0.3, -0.25) is 0 Å².